The summed E-state index contributed by atoms with van der Waals surface area (Å²) in [7, 11) is 3.09. The summed E-state index contributed by atoms with van der Waals surface area (Å²) in [6.45, 7) is 0. The molecular weight excluding hydrogens is 277 g/mol. The van der Waals surface area contributed by atoms with E-state index in [4.69, 9.17) is 21.1 Å². The number of benzene rings is 1. The molecule has 0 saturated heterocycles. The van der Waals surface area contributed by atoms with E-state index in [9.17, 15) is 4.39 Å². The number of thiazole rings is 1. The Bertz CT molecular complexity index is 543. The minimum absolute atomic E-state index is 0.0827. The Morgan fingerprint density at radius 1 is 1.33 bits per heavy atom. The van der Waals surface area contributed by atoms with Crippen molar-refractivity contribution in [1.29, 1.82) is 0 Å². The molecule has 0 atom stereocenters. The molecule has 2 rings (SSSR count). The van der Waals surface area contributed by atoms with Crippen molar-refractivity contribution in [3.63, 3.8) is 0 Å². The summed E-state index contributed by atoms with van der Waals surface area (Å²) in [5.41, 5.74) is 1.45. The normalized spacial score (nSPS) is 11.2. The van der Waals surface area contributed by atoms with E-state index < -0.39 is 12.1 Å². The van der Waals surface area contributed by atoms with Gasteiger partial charge in [0.25, 0.3) is 0 Å². The molecule has 3 nitrogen and oxygen atoms in total. The monoisotopic (exact) mass is 287 g/mol. The highest BCUT2D eigenvalue weighted by Gasteiger charge is 2.14. The highest BCUT2D eigenvalue weighted by Crippen LogP contribution is 2.30. The molecular formula is C12H11ClFNO2S. The maximum atomic E-state index is 13.1. The number of hydrogen-bond donors (Lipinski definition) is 0. The molecule has 96 valence electrons. The summed E-state index contributed by atoms with van der Waals surface area (Å²) in [5.74, 6) is -0.441. The van der Waals surface area contributed by atoms with Gasteiger partial charge in [0.15, 0.2) is 0 Å². The average molecular weight is 288 g/mol. The zero-order valence-electron chi connectivity index (χ0n) is 9.81. The van der Waals surface area contributed by atoms with Crippen molar-refractivity contribution in [2.75, 3.05) is 14.2 Å². The lowest BCUT2D eigenvalue weighted by Gasteiger charge is -2.09. The summed E-state index contributed by atoms with van der Waals surface area (Å²) >= 11 is 7.16. The Hall–Kier alpha value is -1.01. The van der Waals surface area contributed by atoms with Crippen LogP contribution in [0.2, 0.25) is 5.02 Å². The molecule has 0 saturated carbocycles. The Kier molecular flexibility index (Phi) is 4.29. The molecule has 0 aliphatic carbocycles. The van der Waals surface area contributed by atoms with Crippen LogP contribution in [0.25, 0.3) is 10.6 Å². The number of hydrogen-bond acceptors (Lipinski definition) is 4. The molecule has 0 fully saturated rings. The average Bonchev–Trinajstić information content (AvgIpc) is 2.84. The van der Waals surface area contributed by atoms with Crippen LogP contribution in [-0.2, 0) is 9.47 Å². The largest absolute Gasteiger partial charge is 0.350 e. The van der Waals surface area contributed by atoms with Crippen LogP contribution < -0.4 is 0 Å². The van der Waals surface area contributed by atoms with Gasteiger partial charge in [-0.1, -0.05) is 11.6 Å². The molecule has 1 heterocycles. The standard InChI is InChI=1S/C12H11ClFNO2S/c1-16-12(17-2)10-6-18-11(15-10)7-3-4-9(14)8(13)5-7/h3-6,12H,1-2H3. The highest BCUT2D eigenvalue weighted by atomic mass is 35.5. The third-order valence-corrected chi connectivity index (χ3v) is 3.56. The summed E-state index contributed by atoms with van der Waals surface area (Å²) in [5, 5.41) is 2.66. The second-order valence-corrected chi connectivity index (χ2v) is 4.78. The van der Waals surface area contributed by atoms with Crippen LogP contribution in [0, 0.1) is 5.82 Å². The van der Waals surface area contributed by atoms with Crippen molar-refractivity contribution in [3.05, 3.63) is 40.1 Å². The zero-order chi connectivity index (χ0) is 13.1. The summed E-state index contributed by atoms with van der Waals surface area (Å²) in [6, 6.07) is 4.51. The first-order valence-corrected chi connectivity index (χ1v) is 6.38. The second-order valence-electron chi connectivity index (χ2n) is 3.51. The van der Waals surface area contributed by atoms with Crippen LogP contribution in [-0.4, -0.2) is 19.2 Å². The third-order valence-electron chi connectivity index (χ3n) is 2.36. The fourth-order valence-corrected chi connectivity index (χ4v) is 2.49. The number of nitrogens with zero attached hydrogens (tertiary/aromatic N) is 1. The van der Waals surface area contributed by atoms with Crippen LogP contribution in [0.5, 0.6) is 0 Å². The van der Waals surface area contributed by atoms with E-state index in [2.05, 4.69) is 4.98 Å². The minimum Gasteiger partial charge on any atom is -0.350 e. The van der Waals surface area contributed by atoms with Gasteiger partial charge in [-0.2, -0.15) is 0 Å². The van der Waals surface area contributed by atoms with Crippen LogP contribution in [0.1, 0.15) is 12.0 Å². The van der Waals surface area contributed by atoms with Crippen molar-refractivity contribution in [3.8, 4) is 10.6 Å². The quantitative estimate of drug-likeness (QED) is 0.799. The van der Waals surface area contributed by atoms with E-state index in [-0.39, 0.29) is 5.02 Å². The zero-order valence-corrected chi connectivity index (χ0v) is 11.4. The van der Waals surface area contributed by atoms with Crippen molar-refractivity contribution in [2.24, 2.45) is 0 Å². The lowest BCUT2D eigenvalue weighted by molar-refractivity contribution is -0.108. The van der Waals surface area contributed by atoms with Crippen LogP contribution in [0.3, 0.4) is 0 Å². The Labute approximate surface area is 113 Å². The first kappa shape index (κ1) is 13.4. The summed E-state index contributed by atoms with van der Waals surface area (Å²) in [4.78, 5) is 4.38. The van der Waals surface area contributed by atoms with E-state index in [0.29, 0.717) is 5.69 Å². The van der Waals surface area contributed by atoms with Crippen LogP contribution in [0.15, 0.2) is 23.6 Å². The van der Waals surface area contributed by atoms with E-state index in [1.165, 1.54) is 17.4 Å². The molecule has 0 radical (unpaired) electrons. The predicted octanol–water partition coefficient (Wildman–Crippen LogP) is 3.89. The van der Waals surface area contributed by atoms with E-state index in [1.54, 1.807) is 26.4 Å². The molecule has 0 bridgehead atoms. The lowest BCUT2D eigenvalue weighted by atomic mass is 10.2. The van der Waals surface area contributed by atoms with Gasteiger partial charge < -0.3 is 9.47 Å². The number of methoxy groups -OCH3 is 2. The van der Waals surface area contributed by atoms with E-state index >= 15 is 0 Å². The maximum absolute atomic E-state index is 13.1. The van der Waals surface area contributed by atoms with Gasteiger partial charge in [-0.25, -0.2) is 9.37 Å². The molecule has 18 heavy (non-hydrogen) atoms. The third kappa shape index (κ3) is 2.70. The first-order valence-electron chi connectivity index (χ1n) is 5.12. The maximum Gasteiger partial charge on any atom is 0.201 e. The van der Waals surface area contributed by atoms with Gasteiger partial charge in [0, 0.05) is 25.2 Å². The smallest absolute Gasteiger partial charge is 0.201 e. The molecule has 6 heteroatoms. The molecule has 1 aromatic carbocycles. The van der Waals surface area contributed by atoms with Crippen LogP contribution in [0.4, 0.5) is 4.39 Å². The molecule has 1 aromatic heterocycles. The SMILES string of the molecule is COC(OC)c1csc(-c2ccc(F)c(Cl)c2)n1. The number of rotatable bonds is 4. The second kappa shape index (κ2) is 5.75. The fourth-order valence-electron chi connectivity index (χ4n) is 1.49. The molecule has 0 unspecified atom stereocenters. The van der Waals surface area contributed by atoms with E-state index in [1.807, 2.05) is 5.38 Å². The lowest BCUT2D eigenvalue weighted by Crippen LogP contribution is -2.03. The van der Waals surface area contributed by atoms with Crippen molar-refractivity contribution in [2.45, 2.75) is 6.29 Å². The first-order chi connectivity index (χ1) is 8.65. The van der Waals surface area contributed by atoms with Crippen LogP contribution >= 0.6 is 22.9 Å². The molecule has 0 N–H and O–H groups in total. The van der Waals surface area contributed by atoms with Gasteiger partial charge in [0.1, 0.15) is 16.5 Å². The molecule has 0 amide bonds. The predicted molar refractivity (Wildman–Crippen MR) is 69.3 cm³/mol. The molecule has 0 aliphatic heterocycles. The van der Waals surface area contributed by atoms with Crippen molar-refractivity contribution < 1.29 is 13.9 Å². The summed E-state index contributed by atoms with van der Waals surface area (Å²) < 4.78 is 23.3. The molecule has 0 aliphatic rings. The van der Waals surface area contributed by atoms with Crippen molar-refractivity contribution in [1.82, 2.24) is 4.98 Å². The van der Waals surface area contributed by atoms with Gasteiger partial charge >= 0.3 is 0 Å². The van der Waals surface area contributed by atoms with Gasteiger partial charge in [-0.05, 0) is 18.2 Å². The van der Waals surface area contributed by atoms with Crippen molar-refractivity contribution >= 4 is 22.9 Å². The molecule has 2 aromatic rings. The minimum atomic E-state index is -0.495. The summed E-state index contributed by atoms with van der Waals surface area (Å²) in [6.07, 6.45) is -0.495. The number of halogens is 2. The molecule has 0 spiro atoms. The van der Waals surface area contributed by atoms with Gasteiger partial charge in [-0.3, -0.25) is 0 Å². The topological polar surface area (TPSA) is 31.4 Å². The number of ether oxygens (including phenoxy) is 2. The highest BCUT2D eigenvalue weighted by molar-refractivity contribution is 7.13. The van der Waals surface area contributed by atoms with Gasteiger partial charge in [-0.15, -0.1) is 11.3 Å². The fraction of sp³-hybridized carbons (Fsp3) is 0.250. The Balaban J connectivity index is 2.31. The Morgan fingerprint density at radius 3 is 2.67 bits per heavy atom. The Morgan fingerprint density at radius 2 is 2.06 bits per heavy atom. The van der Waals surface area contributed by atoms with Gasteiger partial charge in [0.05, 0.1) is 5.02 Å². The van der Waals surface area contributed by atoms with E-state index in [0.717, 1.165) is 10.6 Å². The van der Waals surface area contributed by atoms with Gasteiger partial charge in [0.2, 0.25) is 6.29 Å². The number of aromatic nitrogens is 1.